The van der Waals surface area contributed by atoms with Gasteiger partial charge in [0.05, 0.1) is 5.56 Å². The molecule has 0 saturated heterocycles. The molecule has 1 aliphatic rings. The molecule has 122 valence electrons. The Bertz CT molecular complexity index is 494. The van der Waals surface area contributed by atoms with Gasteiger partial charge in [-0.3, -0.25) is 0 Å². The van der Waals surface area contributed by atoms with Crippen LogP contribution in [-0.4, -0.2) is 12.1 Å². The topological polar surface area (TPSA) is 26.3 Å². The van der Waals surface area contributed by atoms with Crippen LogP contribution >= 0.6 is 0 Å². The summed E-state index contributed by atoms with van der Waals surface area (Å²) < 4.78 is 31.4. The van der Waals surface area contributed by atoms with Crippen molar-refractivity contribution in [2.24, 2.45) is 5.92 Å². The van der Waals surface area contributed by atoms with E-state index in [1.165, 1.54) is 31.7 Å². The third-order valence-corrected chi connectivity index (χ3v) is 4.44. The van der Waals surface area contributed by atoms with Crippen LogP contribution in [0.15, 0.2) is 18.2 Å². The molecule has 0 spiro atoms. The van der Waals surface area contributed by atoms with Gasteiger partial charge in [-0.15, -0.1) is 0 Å². The molecule has 22 heavy (non-hydrogen) atoms. The van der Waals surface area contributed by atoms with Crippen LogP contribution in [0.4, 0.5) is 8.78 Å². The fourth-order valence-corrected chi connectivity index (χ4v) is 3.06. The minimum Gasteiger partial charge on any atom is -0.459 e. The second-order valence-electron chi connectivity index (χ2n) is 6.17. The van der Waals surface area contributed by atoms with Crippen molar-refractivity contribution in [3.8, 4) is 0 Å². The maximum Gasteiger partial charge on any atom is 0.338 e. The van der Waals surface area contributed by atoms with Crippen molar-refractivity contribution in [3.63, 3.8) is 0 Å². The second kappa shape index (κ2) is 8.25. The zero-order valence-corrected chi connectivity index (χ0v) is 13.1. The summed E-state index contributed by atoms with van der Waals surface area (Å²) in [6, 6.07) is 3.11. The molecule has 0 N–H and O–H groups in total. The van der Waals surface area contributed by atoms with E-state index in [-0.39, 0.29) is 11.7 Å². The van der Waals surface area contributed by atoms with Gasteiger partial charge < -0.3 is 4.74 Å². The van der Waals surface area contributed by atoms with Gasteiger partial charge >= 0.3 is 5.97 Å². The van der Waals surface area contributed by atoms with Gasteiger partial charge in [-0.05, 0) is 49.8 Å². The van der Waals surface area contributed by atoms with Gasteiger partial charge in [0.2, 0.25) is 0 Å². The first-order valence-corrected chi connectivity index (χ1v) is 8.26. The van der Waals surface area contributed by atoms with Crippen molar-refractivity contribution in [2.75, 3.05) is 0 Å². The first-order chi connectivity index (χ1) is 10.6. The van der Waals surface area contributed by atoms with Crippen LogP contribution in [-0.2, 0) is 4.74 Å². The lowest BCUT2D eigenvalue weighted by molar-refractivity contribution is 0.0160. The average Bonchev–Trinajstić information content (AvgIpc) is 2.52. The van der Waals surface area contributed by atoms with Crippen molar-refractivity contribution in [1.82, 2.24) is 0 Å². The highest BCUT2D eigenvalue weighted by molar-refractivity contribution is 5.89. The molecular weight excluding hydrogens is 286 g/mol. The van der Waals surface area contributed by atoms with Crippen LogP contribution in [0.1, 0.15) is 68.6 Å². The van der Waals surface area contributed by atoms with Crippen LogP contribution in [0, 0.1) is 17.6 Å². The summed E-state index contributed by atoms with van der Waals surface area (Å²) in [4.78, 5) is 12.0. The van der Waals surface area contributed by atoms with Gasteiger partial charge in [0.25, 0.3) is 0 Å². The number of carbonyl (C=O) groups is 1. The first-order valence-electron chi connectivity index (χ1n) is 8.26. The number of halogens is 2. The Balaban J connectivity index is 1.78. The molecule has 1 fully saturated rings. The number of benzene rings is 1. The molecule has 0 unspecified atom stereocenters. The van der Waals surface area contributed by atoms with E-state index >= 15 is 0 Å². The third kappa shape index (κ3) is 4.79. The van der Waals surface area contributed by atoms with E-state index in [4.69, 9.17) is 4.74 Å². The second-order valence-corrected chi connectivity index (χ2v) is 6.17. The smallest absolute Gasteiger partial charge is 0.338 e. The molecule has 1 aromatic rings. The standard InChI is InChI=1S/C18H24F2O2/c1-2-3-4-5-13-6-9-15(10-7-13)22-18(21)14-8-11-16(19)17(20)12-14/h8,11-13,15H,2-7,9-10H2,1H3/t13-,15-. The predicted molar refractivity (Wildman–Crippen MR) is 81.7 cm³/mol. The highest BCUT2D eigenvalue weighted by Crippen LogP contribution is 2.30. The summed E-state index contributed by atoms with van der Waals surface area (Å²) in [5, 5.41) is 0. The Morgan fingerprint density at radius 2 is 1.86 bits per heavy atom. The maximum atomic E-state index is 13.1. The highest BCUT2D eigenvalue weighted by Gasteiger charge is 2.24. The van der Waals surface area contributed by atoms with E-state index in [9.17, 15) is 13.6 Å². The summed E-state index contributed by atoms with van der Waals surface area (Å²) in [6.45, 7) is 2.20. The molecule has 0 radical (unpaired) electrons. The Morgan fingerprint density at radius 1 is 1.14 bits per heavy atom. The summed E-state index contributed by atoms with van der Waals surface area (Å²) in [5.41, 5.74) is 0.0731. The highest BCUT2D eigenvalue weighted by atomic mass is 19.2. The Hall–Kier alpha value is -1.45. The predicted octanol–water partition coefficient (Wildman–Crippen LogP) is 5.26. The molecule has 0 amide bonds. The van der Waals surface area contributed by atoms with Crippen molar-refractivity contribution >= 4 is 5.97 Å². The number of hydrogen-bond acceptors (Lipinski definition) is 2. The molecule has 0 heterocycles. The summed E-state index contributed by atoms with van der Waals surface area (Å²) in [5.74, 6) is -1.80. The molecule has 0 atom stereocenters. The van der Waals surface area contributed by atoms with Crippen LogP contribution in [0.3, 0.4) is 0 Å². The minimum atomic E-state index is -1.02. The first kappa shape index (κ1) is 16.9. The van der Waals surface area contributed by atoms with Gasteiger partial charge in [-0.2, -0.15) is 0 Å². The van der Waals surface area contributed by atoms with Crippen LogP contribution < -0.4 is 0 Å². The van der Waals surface area contributed by atoms with Gasteiger partial charge in [-0.25, -0.2) is 13.6 Å². The molecule has 0 aromatic heterocycles. The molecule has 1 saturated carbocycles. The summed E-state index contributed by atoms with van der Waals surface area (Å²) >= 11 is 0. The summed E-state index contributed by atoms with van der Waals surface area (Å²) in [6.07, 6.45) is 8.87. The van der Waals surface area contributed by atoms with Crippen molar-refractivity contribution < 1.29 is 18.3 Å². The molecule has 0 aliphatic heterocycles. The zero-order chi connectivity index (χ0) is 15.9. The average molecular weight is 310 g/mol. The van der Waals surface area contributed by atoms with E-state index in [2.05, 4.69) is 6.92 Å². The molecular formula is C18H24F2O2. The number of hydrogen-bond donors (Lipinski definition) is 0. The largest absolute Gasteiger partial charge is 0.459 e. The molecule has 2 rings (SSSR count). The fraction of sp³-hybridized carbons (Fsp3) is 0.611. The normalized spacial score (nSPS) is 21.6. The van der Waals surface area contributed by atoms with E-state index in [0.29, 0.717) is 0 Å². The van der Waals surface area contributed by atoms with E-state index in [1.807, 2.05) is 0 Å². The Morgan fingerprint density at radius 3 is 2.50 bits per heavy atom. The molecule has 2 nitrogen and oxygen atoms in total. The Kier molecular flexibility index (Phi) is 6.34. The van der Waals surface area contributed by atoms with Crippen molar-refractivity contribution in [3.05, 3.63) is 35.4 Å². The number of carbonyl (C=O) groups excluding carboxylic acids is 1. The van der Waals surface area contributed by atoms with Gasteiger partial charge in [0, 0.05) is 0 Å². The molecule has 0 bridgehead atoms. The van der Waals surface area contributed by atoms with Crippen LogP contribution in [0.2, 0.25) is 0 Å². The lowest BCUT2D eigenvalue weighted by Crippen LogP contribution is -2.24. The SMILES string of the molecule is CCCCC[C@H]1CC[C@H](OC(=O)c2ccc(F)c(F)c2)CC1. The van der Waals surface area contributed by atoms with E-state index < -0.39 is 17.6 Å². The number of rotatable bonds is 6. The van der Waals surface area contributed by atoms with Gasteiger partial charge in [0.1, 0.15) is 6.10 Å². The summed E-state index contributed by atoms with van der Waals surface area (Å²) in [7, 11) is 0. The van der Waals surface area contributed by atoms with E-state index in [1.54, 1.807) is 0 Å². The van der Waals surface area contributed by atoms with E-state index in [0.717, 1.165) is 43.7 Å². The number of esters is 1. The quantitative estimate of drug-likeness (QED) is 0.529. The third-order valence-electron chi connectivity index (χ3n) is 4.44. The van der Waals surface area contributed by atoms with Crippen LogP contribution in [0.25, 0.3) is 0 Å². The van der Waals surface area contributed by atoms with Gasteiger partial charge in [-0.1, -0.05) is 32.6 Å². The van der Waals surface area contributed by atoms with Gasteiger partial charge in [0.15, 0.2) is 11.6 Å². The van der Waals surface area contributed by atoms with Crippen LogP contribution in [0.5, 0.6) is 0 Å². The zero-order valence-electron chi connectivity index (χ0n) is 13.1. The van der Waals surface area contributed by atoms with Crippen molar-refractivity contribution in [1.29, 1.82) is 0 Å². The number of ether oxygens (including phenoxy) is 1. The lowest BCUT2D eigenvalue weighted by atomic mass is 9.84. The minimum absolute atomic E-state index is 0.0731. The number of unbranched alkanes of at least 4 members (excludes halogenated alkanes) is 2. The van der Waals surface area contributed by atoms with Crippen molar-refractivity contribution in [2.45, 2.75) is 64.4 Å². The molecule has 4 heteroatoms. The Labute approximate surface area is 130 Å². The molecule has 1 aromatic carbocycles. The fourth-order valence-electron chi connectivity index (χ4n) is 3.06. The molecule has 1 aliphatic carbocycles. The lowest BCUT2D eigenvalue weighted by Gasteiger charge is -2.28. The monoisotopic (exact) mass is 310 g/mol. The maximum absolute atomic E-state index is 13.1.